The van der Waals surface area contributed by atoms with Crippen molar-refractivity contribution in [2.75, 3.05) is 18.5 Å². The van der Waals surface area contributed by atoms with Gasteiger partial charge in [0.15, 0.2) is 5.54 Å². The highest BCUT2D eigenvalue weighted by atomic mass is 16.5. The SMILES string of the molecule is O=C(O)C1(Nc2ccc3ccccc3n2)CCOC1. The van der Waals surface area contributed by atoms with Crippen molar-refractivity contribution in [2.45, 2.75) is 12.0 Å². The second kappa shape index (κ2) is 4.51. The van der Waals surface area contributed by atoms with Crippen LogP contribution in [0.25, 0.3) is 10.9 Å². The smallest absolute Gasteiger partial charge is 0.331 e. The number of nitrogens with zero attached hydrogens (tertiary/aromatic N) is 1. The van der Waals surface area contributed by atoms with E-state index in [1.54, 1.807) is 6.07 Å². The minimum absolute atomic E-state index is 0.164. The second-order valence-corrected chi connectivity index (χ2v) is 4.70. The Labute approximate surface area is 110 Å². The molecule has 0 bridgehead atoms. The lowest BCUT2D eigenvalue weighted by atomic mass is 9.99. The summed E-state index contributed by atoms with van der Waals surface area (Å²) >= 11 is 0. The molecular weight excluding hydrogens is 244 g/mol. The van der Waals surface area contributed by atoms with Gasteiger partial charge in [-0.1, -0.05) is 18.2 Å². The predicted octanol–water partition coefficient (Wildman–Crippen LogP) is 1.89. The number of benzene rings is 1. The molecule has 2 N–H and O–H groups in total. The summed E-state index contributed by atoms with van der Waals surface area (Å²) in [5.74, 6) is -0.341. The quantitative estimate of drug-likeness (QED) is 0.879. The summed E-state index contributed by atoms with van der Waals surface area (Å²) < 4.78 is 5.21. The van der Waals surface area contributed by atoms with Crippen molar-refractivity contribution >= 4 is 22.7 Å². The molecule has 0 saturated carbocycles. The van der Waals surface area contributed by atoms with E-state index in [0.717, 1.165) is 10.9 Å². The number of rotatable bonds is 3. The largest absolute Gasteiger partial charge is 0.479 e. The average Bonchev–Trinajstić information content (AvgIpc) is 2.88. The van der Waals surface area contributed by atoms with E-state index in [4.69, 9.17) is 4.74 Å². The Balaban J connectivity index is 1.94. The maximum absolute atomic E-state index is 11.4. The Bertz CT molecular complexity index is 621. The molecular formula is C14H14N2O3. The predicted molar refractivity (Wildman–Crippen MR) is 71.2 cm³/mol. The van der Waals surface area contributed by atoms with Gasteiger partial charge in [-0.15, -0.1) is 0 Å². The van der Waals surface area contributed by atoms with E-state index < -0.39 is 11.5 Å². The molecule has 19 heavy (non-hydrogen) atoms. The van der Waals surface area contributed by atoms with E-state index in [1.807, 2.05) is 30.3 Å². The van der Waals surface area contributed by atoms with Gasteiger partial charge in [0.2, 0.25) is 0 Å². The molecule has 98 valence electrons. The van der Waals surface area contributed by atoms with Gasteiger partial charge in [-0.25, -0.2) is 9.78 Å². The topological polar surface area (TPSA) is 71.5 Å². The van der Waals surface area contributed by atoms with Gasteiger partial charge in [-0.3, -0.25) is 0 Å². The van der Waals surface area contributed by atoms with E-state index in [1.165, 1.54) is 0 Å². The zero-order valence-electron chi connectivity index (χ0n) is 10.3. The molecule has 3 rings (SSSR count). The van der Waals surface area contributed by atoms with Gasteiger partial charge in [-0.2, -0.15) is 0 Å². The van der Waals surface area contributed by atoms with E-state index in [9.17, 15) is 9.90 Å². The van der Waals surface area contributed by atoms with E-state index in [-0.39, 0.29) is 6.61 Å². The number of carboxylic acids is 1. The fourth-order valence-electron chi connectivity index (χ4n) is 2.27. The van der Waals surface area contributed by atoms with Crippen molar-refractivity contribution in [2.24, 2.45) is 0 Å². The van der Waals surface area contributed by atoms with Crippen molar-refractivity contribution < 1.29 is 14.6 Å². The van der Waals surface area contributed by atoms with Crippen LogP contribution in [0, 0.1) is 0 Å². The van der Waals surface area contributed by atoms with Crippen LogP contribution in [0.15, 0.2) is 36.4 Å². The van der Waals surface area contributed by atoms with Crippen molar-refractivity contribution in [3.05, 3.63) is 36.4 Å². The summed E-state index contributed by atoms with van der Waals surface area (Å²) in [6, 6.07) is 11.4. The van der Waals surface area contributed by atoms with Crippen LogP contribution >= 0.6 is 0 Å². The Morgan fingerprint density at radius 3 is 2.89 bits per heavy atom. The first-order valence-electron chi connectivity index (χ1n) is 6.15. The molecule has 1 aliphatic heterocycles. The Morgan fingerprint density at radius 2 is 2.16 bits per heavy atom. The molecule has 1 aromatic heterocycles. The first-order valence-corrected chi connectivity index (χ1v) is 6.15. The average molecular weight is 258 g/mol. The molecule has 0 amide bonds. The third-order valence-corrected chi connectivity index (χ3v) is 3.40. The molecule has 0 aliphatic carbocycles. The molecule has 2 aromatic rings. The zero-order chi connectivity index (χ0) is 13.3. The van der Waals surface area contributed by atoms with Crippen LogP contribution in [-0.4, -0.2) is 34.8 Å². The first-order chi connectivity index (χ1) is 9.20. The van der Waals surface area contributed by atoms with Crippen molar-refractivity contribution in [3.63, 3.8) is 0 Å². The first kappa shape index (κ1) is 11.9. The summed E-state index contributed by atoms with van der Waals surface area (Å²) in [5, 5.41) is 13.4. The number of carbonyl (C=O) groups is 1. The molecule has 2 heterocycles. The second-order valence-electron chi connectivity index (χ2n) is 4.70. The van der Waals surface area contributed by atoms with Gasteiger partial charge in [0.05, 0.1) is 12.1 Å². The number of aliphatic carboxylic acids is 1. The van der Waals surface area contributed by atoms with Gasteiger partial charge in [0.1, 0.15) is 5.82 Å². The van der Waals surface area contributed by atoms with Crippen molar-refractivity contribution in [1.29, 1.82) is 0 Å². The van der Waals surface area contributed by atoms with E-state index in [2.05, 4.69) is 10.3 Å². The highest BCUT2D eigenvalue weighted by Crippen LogP contribution is 2.25. The van der Waals surface area contributed by atoms with Gasteiger partial charge in [0, 0.05) is 18.4 Å². The van der Waals surface area contributed by atoms with Crippen LogP contribution in [0.3, 0.4) is 0 Å². The zero-order valence-corrected chi connectivity index (χ0v) is 10.3. The summed E-state index contributed by atoms with van der Waals surface area (Å²) in [7, 11) is 0. The summed E-state index contributed by atoms with van der Waals surface area (Å²) in [6.45, 7) is 0.615. The number of fused-ring (bicyclic) bond motifs is 1. The Hall–Kier alpha value is -2.14. The van der Waals surface area contributed by atoms with E-state index in [0.29, 0.717) is 18.8 Å². The fraction of sp³-hybridized carbons (Fsp3) is 0.286. The van der Waals surface area contributed by atoms with Gasteiger partial charge in [-0.05, 0) is 18.2 Å². The monoisotopic (exact) mass is 258 g/mol. The number of para-hydroxylation sites is 1. The van der Waals surface area contributed by atoms with Crippen LogP contribution in [0.5, 0.6) is 0 Å². The van der Waals surface area contributed by atoms with Crippen molar-refractivity contribution in [1.82, 2.24) is 4.98 Å². The molecule has 1 atom stereocenters. The maximum Gasteiger partial charge on any atom is 0.331 e. The molecule has 1 aromatic carbocycles. The lowest BCUT2D eigenvalue weighted by molar-refractivity contribution is -0.142. The minimum atomic E-state index is -1.06. The van der Waals surface area contributed by atoms with Crippen LogP contribution in [0.4, 0.5) is 5.82 Å². The van der Waals surface area contributed by atoms with Crippen molar-refractivity contribution in [3.8, 4) is 0 Å². The molecule has 1 aliphatic rings. The van der Waals surface area contributed by atoms with Gasteiger partial charge < -0.3 is 15.2 Å². The number of nitrogens with one attached hydrogen (secondary N) is 1. The lowest BCUT2D eigenvalue weighted by Crippen LogP contribution is -2.47. The van der Waals surface area contributed by atoms with Crippen LogP contribution in [-0.2, 0) is 9.53 Å². The molecule has 1 unspecified atom stereocenters. The molecule has 0 radical (unpaired) electrons. The number of hydrogen-bond donors (Lipinski definition) is 2. The maximum atomic E-state index is 11.4. The van der Waals surface area contributed by atoms with Gasteiger partial charge in [0.25, 0.3) is 0 Å². The normalized spacial score (nSPS) is 22.5. The number of carboxylic acid groups (broad SMARTS) is 1. The molecule has 1 fully saturated rings. The fourth-order valence-corrected chi connectivity index (χ4v) is 2.27. The number of pyridine rings is 1. The summed E-state index contributed by atoms with van der Waals surface area (Å²) in [5.41, 5.74) is -0.220. The highest BCUT2D eigenvalue weighted by molar-refractivity contribution is 5.85. The molecule has 5 nitrogen and oxygen atoms in total. The standard InChI is InChI=1S/C14H14N2O3/c17-13(18)14(7-8-19-9-14)16-12-6-5-10-3-1-2-4-11(10)15-12/h1-6H,7-9H2,(H,15,16)(H,17,18). The van der Waals surface area contributed by atoms with Crippen LogP contribution in [0.2, 0.25) is 0 Å². The third kappa shape index (κ3) is 2.13. The number of ether oxygens (including phenoxy) is 1. The summed E-state index contributed by atoms with van der Waals surface area (Å²) in [6.07, 6.45) is 0.441. The highest BCUT2D eigenvalue weighted by Gasteiger charge is 2.42. The third-order valence-electron chi connectivity index (χ3n) is 3.40. The minimum Gasteiger partial charge on any atom is -0.479 e. The lowest BCUT2D eigenvalue weighted by Gasteiger charge is -2.24. The number of hydrogen-bond acceptors (Lipinski definition) is 4. The number of anilines is 1. The molecule has 5 heteroatoms. The Kier molecular flexibility index (Phi) is 2.83. The molecule has 0 spiro atoms. The summed E-state index contributed by atoms with van der Waals surface area (Å²) in [4.78, 5) is 15.9. The van der Waals surface area contributed by atoms with Gasteiger partial charge >= 0.3 is 5.97 Å². The molecule has 1 saturated heterocycles. The van der Waals surface area contributed by atoms with Crippen LogP contribution in [0.1, 0.15) is 6.42 Å². The Morgan fingerprint density at radius 1 is 1.32 bits per heavy atom. The number of aromatic nitrogens is 1. The van der Waals surface area contributed by atoms with E-state index >= 15 is 0 Å². The van der Waals surface area contributed by atoms with Crippen LogP contribution < -0.4 is 5.32 Å².